The van der Waals surface area contributed by atoms with Gasteiger partial charge in [0.15, 0.2) is 0 Å². The van der Waals surface area contributed by atoms with Gasteiger partial charge in [-0.25, -0.2) is 0 Å². The van der Waals surface area contributed by atoms with Crippen molar-refractivity contribution in [2.75, 3.05) is 37.8 Å². The molecule has 1 aromatic rings. The van der Waals surface area contributed by atoms with Crippen LogP contribution in [0.3, 0.4) is 0 Å². The molecule has 1 saturated heterocycles. The van der Waals surface area contributed by atoms with Crippen molar-refractivity contribution in [2.24, 2.45) is 13.0 Å². The third-order valence-electron chi connectivity index (χ3n) is 4.16. The molecule has 0 spiro atoms. The van der Waals surface area contributed by atoms with Crippen LogP contribution in [0.4, 0.5) is 11.5 Å². The Morgan fingerprint density at radius 3 is 2.37 bits per heavy atom. The molecule has 0 aromatic carbocycles. The summed E-state index contributed by atoms with van der Waals surface area (Å²) < 4.78 is 1.94. The van der Waals surface area contributed by atoms with Crippen LogP contribution in [0.1, 0.15) is 32.4 Å². The van der Waals surface area contributed by atoms with Gasteiger partial charge >= 0.3 is 0 Å². The van der Waals surface area contributed by atoms with E-state index < -0.39 is 0 Å². The van der Waals surface area contributed by atoms with Crippen LogP contribution in [-0.4, -0.2) is 47.9 Å². The zero-order valence-electron chi connectivity index (χ0n) is 13.0. The maximum atomic E-state index is 6.31. The lowest BCUT2D eigenvalue weighted by molar-refractivity contribution is 0.266. The standard InChI is InChI=1S/C14H27N5/c1-9(2)13-12(15)14(18(6)16-13)19-7-10(3)11(8-19)17(4)5/h9-11H,7-8,15H2,1-6H3. The van der Waals surface area contributed by atoms with Gasteiger partial charge in [-0.3, -0.25) is 4.68 Å². The minimum Gasteiger partial charge on any atom is -0.394 e. The number of anilines is 2. The van der Waals surface area contributed by atoms with E-state index in [0.29, 0.717) is 17.9 Å². The molecule has 0 radical (unpaired) electrons. The maximum Gasteiger partial charge on any atom is 0.150 e. The van der Waals surface area contributed by atoms with Crippen molar-refractivity contribution < 1.29 is 0 Å². The molecule has 1 aromatic heterocycles. The van der Waals surface area contributed by atoms with Gasteiger partial charge in [0, 0.05) is 26.2 Å². The van der Waals surface area contributed by atoms with Crippen molar-refractivity contribution in [3.05, 3.63) is 5.69 Å². The summed E-state index contributed by atoms with van der Waals surface area (Å²) in [5, 5.41) is 4.59. The van der Waals surface area contributed by atoms with Crippen molar-refractivity contribution in [1.29, 1.82) is 0 Å². The van der Waals surface area contributed by atoms with Crippen LogP contribution in [-0.2, 0) is 7.05 Å². The monoisotopic (exact) mass is 265 g/mol. The first kappa shape index (κ1) is 14.2. The van der Waals surface area contributed by atoms with E-state index in [2.05, 4.69) is 49.8 Å². The number of aryl methyl sites for hydroxylation is 1. The molecular weight excluding hydrogens is 238 g/mol. The number of nitrogens with two attached hydrogens (primary N) is 1. The fourth-order valence-corrected chi connectivity index (χ4v) is 3.15. The SMILES string of the molecule is CC(C)c1nn(C)c(N2CC(C)C(N(C)C)C2)c1N. The highest BCUT2D eigenvalue weighted by Crippen LogP contribution is 2.34. The number of nitrogen functional groups attached to an aromatic ring is 1. The molecule has 2 unspecified atom stereocenters. The molecule has 2 atom stereocenters. The number of nitrogens with zero attached hydrogens (tertiary/aromatic N) is 4. The number of aromatic nitrogens is 2. The van der Waals surface area contributed by atoms with Crippen LogP contribution >= 0.6 is 0 Å². The molecular formula is C14H27N5. The second-order valence-electron chi connectivity index (χ2n) is 6.31. The van der Waals surface area contributed by atoms with E-state index in [1.165, 1.54) is 0 Å². The number of hydrogen-bond acceptors (Lipinski definition) is 4. The Hall–Kier alpha value is -1.23. The minimum absolute atomic E-state index is 0.365. The predicted octanol–water partition coefficient (Wildman–Crippen LogP) is 1.51. The molecule has 2 heterocycles. The fraction of sp³-hybridized carbons (Fsp3) is 0.786. The first-order valence-corrected chi connectivity index (χ1v) is 7.06. The highest BCUT2D eigenvalue weighted by Gasteiger charge is 2.34. The highest BCUT2D eigenvalue weighted by atomic mass is 15.4. The van der Waals surface area contributed by atoms with E-state index in [1.54, 1.807) is 0 Å². The first-order valence-electron chi connectivity index (χ1n) is 7.06. The van der Waals surface area contributed by atoms with E-state index >= 15 is 0 Å². The molecule has 2 N–H and O–H groups in total. The Labute approximate surface area is 116 Å². The van der Waals surface area contributed by atoms with Crippen molar-refractivity contribution in [2.45, 2.75) is 32.7 Å². The maximum absolute atomic E-state index is 6.31. The van der Waals surface area contributed by atoms with Gasteiger partial charge in [0.25, 0.3) is 0 Å². The Bertz CT molecular complexity index is 449. The van der Waals surface area contributed by atoms with Crippen LogP contribution in [0.5, 0.6) is 0 Å². The summed E-state index contributed by atoms with van der Waals surface area (Å²) in [6.45, 7) is 8.65. The van der Waals surface area contributed by atoms with E-state index in [-0.39, 0.29) is 0 Å². The smallest absolute Gasteiger partial charge is 0.150 e. The van der Waals surface area contributed by atoms with Crippen molar-refractivity contribution in [3.8, 4) is 0 Å². The van der Waals surface area contributed by atoms with Crippen LogP contribution in [0, 0.1) is 5.92 Å². The number of hydrogen-bond donors (Lipinski definition) is 1. The first-order chi connectivity index (χ1) is 8.82. The third kappa shape index (κ3) is 2.43. The van der Waals surface area contributed by atoms with E-state index in [4.69, 9.17) is 5.73 Å². The van der Waals surface area contributed by atoms with Gasteiger partial charge in [0.1, 0.15) is 5.82 Å². The van der Waals surface area contributed by atoms with Gasteiger partial charge < -0.3 is 15.5 Å². The molecule has 1 aliphatic heterocycles. The summed E-state index contributed by atoms with van der Waals surface area (Å²) in [5.41, 5.74) is 8.18. The lowest BCUT2D eigenvalue weighted by Gasteiger charge is -2.23. The highest BCUT2D eigenvalue weighted by molar-refractivity contribution is 5.67. The molecule has 1 aliphatic rings. The van der Waals surface area contributed by atoms with Crippen LogP contribution < -0.4 is 10.6 Å². The normalized spacial score (nSPS) is 23.9. The van der Waals surface area contributed by atoms with E-state index in [9.17, 15) is 0 Å². The summed E-state index contributed by atoms with van der Waals surface area (Å²) in [4.78, 5) is 4.68. The molecule has 108 valence electrons. The molecule has 5 heteroatoms. The zero-order chi connectivity index (χ0) is 14.3. The Morgan fingerprint density at radius 2 is 1.95 bits per heavy atom. The summed E-state index contributed by atoms with van der Waals surface area (Å²) >= 11 is 0. The molecule has 5 nitrogen and oxygen atoms in total. The summed E-state index contributed by atoms with van der Waals surface area (Å²) in [6, 6.07) is 0.580. The average Bonchev–Trinajstić information content (AvgIpc) is 2.79. The Kier molecular flexibility index (Phi) is 3.76. The van der Waals surface area contributed by atoms with Gasteiger partial charge in [0.05, 0.1) is 11.4 Å². The Balaban J connectivity index is 2.29. The van der Waals surface area contributed by atoms with Crippen molar-refractivity contribution >= 4 is 11.5 Å². The molecule has 0 aliphatic carbocycles. The predicted molar refractivity (Wildman–Crippen MR) is 80.6 cm³/mol. The van der Waals surface area contributed by atoms with Crippen LogP contribution in [0.15, 0.2) is 0 Å². The molecule has 0 amide bonds. The molecule has 1 fully saturated rings. The van der Waals surface area contributed by atoms with Gasteiger partial charge in [-0.15, -0.1) is 0 Å². The quantitative estimate of drug-likeness (QED) is 0.900. The van der Waals surface area contributed by atoms with Crippen molar-refractivity contribution in [1.82, 2.24) is 14.7 Å². The fourth-order valence-electron chi connectivity index (χ4n) is 3.15. The van der Waals surface area contributed by atoms with Crippen molar-refractivity contribution in [3.63, 3.8) is 0 Å². The minimum atomic E-state index is 0.365. The van der Waals surface area contributed by atoms with Crippen LogP contribution in [0.25, 0.3) is 0 Å². The Morgan fingerprint density at radius 1 is 1.32 bits per heavy atom. The molecule has 19 heavy (non-hydrogen) atoms. The largest absolute Gasteiger partial charge is 0.394 e. The summed E-state index contributed by atoms with van der Waals surface area (Å²) in [6.07, 6.45) is 0. The second kappa shape index (κ2) is 5.04. The van der Waals surface area contributed by atoms with Gasteiger partial charge in [-0.2, -0.15) is 5.10 Å². The van der Waals surface area contributed by atoms with Gasteiger partial charge in [-0.05, 0) is 25.9 Å². The number of likely N-dealkylation sites (N-methyl/N-ethyl adjacent to an activating group) is 1. The summed E-state index contributed by atoms with van der Waals surface area (Å²) in [7, 11) is 6.29. The number of rotatable bonds is 3. The van der Waals surface area contributed by atoms with E-state index in [1.807, 2.05) is 11.7 Å². The van der Waals surface area contributed by atoms with Gasteiger partial charge in [-0.1, -0.05) is 20.8 Å². The van der Waals surface area contributed by atoms with Gasteiger partial charge in [0.2, 0.25) is 0 Å². The molecule has 2 rings (SSSR count). The molecule has 0 bridgehead atoms. The topological polar surface area (TPSA) is 50.3 Å². The summed E-state index contributed by atoms with van der Waals surface area (Å²) in [5.74, 6) is 2.09. The molecule has 0 saturated carbocycles. The third-order valence-corrected chi connectivity index (χ3v) is 4.16. The lowest BCUT2D eigenvalue weighted by atomic mass is 10.1. The average molecular weight is 265 g/mol. The lowest BCUT2D eigenvalue weighted by Crippen LogP contribution is -2.34. The second-order valence-corrected chi connectivity index (χ2v) is 6.31. The van der Waals surface area contributed by atoms with Crippen LogP contribution in [0.2, 0.25) is 0 Å². The van der Waals surface area contributed by atoms with E-state index in [0.717, 1.165) is 30.3 Å². The zero-order valence-corrected chi connectivity index (χ0v) is 13.0.